The number of hydrogen-bond donors (Lipinski definition) is 2. The average Bonchev–Trinajstić information content (AvgIpc) is 2.72. The van der Waals surface area contributed by atoms with E-state index in [1.54, 1.807) is 24.3 Å². The molecule has 0 spiro atoms. The third kappa shape index (κ3) is 6.57. The number of urea groups is 1. The van der Waals surface area contributed by atoms with Crippen LogP contribution in [0.25, 0.3) is 0 Å². The molecule has 0 atom stereocenters. The fourth-order valence-corrected chi connectivity index (χ4v) is 2.51. The first kappa shape index (κ1) is 21.8. The Hall–Kier alpha value is -3.48. The van der Waals surface area contributed by atoms with Crippen LogP contribution in [0.15, 0.2) is 48.5 Å². The van der Waals surface area contributed by atoms with Gasteiger partial charge in [-0.25, -0.2) is 9.59 Å². The number of carbonyl (C=O) groups is 4. The summed E-state index contributed by atoms with van der Waals surface area (Å²) >= 11 is 0. The largest absolute Gasteiger partial charge is 0.452 e. The summed E-state index contributed by atoms with van der Waals surface area (Å²) < 4.78 is 4.98. The first-order valence-corrected chi connectivity index (χ1v) is 9.37. The molecule has 0 bridgehead atoms. The zero-order chi connectivity index (χ0) is 21.2. The van der Waals surface area contributed by atoms with Gasteiger partial charge in [0.1, 0.15) is 0 Å². The number of amides is 3. The highest BCUT2D eigenvalue weighted by Crippen LogP contribution is 2.16. The van der Waals surface area contributed by atoms with E-state index in [9.17, 15) is 19.2 Å². The van der Waals surface area contributed by atoms with Crippen LogP contribution in [0.4, 0.5) is 4.79 Å². The molecule has 0 fully saturated rings. The van der Waals surface area contributed by atoms with Gasteiger partial charge in [0.15, 0.2) is 12.4 Å². The highest BCUT2D eigenvalue weighted by Gasteiger charge is 2.20. The molecule has 2 aromatic carbocycles. The van der Waals surface area contributed by atoms with Gasteiger partial charge in [-0.3, -0.25) is 14.9 Å². The van der Waals surface area contributed by atoms with Crippen molar-refractivity contribution < 1.29 is 23.9 Å². The van der Waals surface area contributed by atoms with E-state index in [0.717, 1.165) is 18.4 Å². The molecule has 0 radical (unpaired) electrons. The van der Waals surface area contributed by atoms with Crippen molar-refractivity contribution >= 4 is 23.7 Å². The summed E-state index contributed by atoms with van der Waals surface area (Å²) in [5.41, 5.74) is 1.69. The minimum Gasteiger partial charge on any atom is -0.452 e. The van der Waals surface area contributed by atoms with Gasteiger partial charge < -0.3 is 10.1 Å². The van der Waals surface area contributed by atoms with Crippen LogP contribution in [0, 0.1) is 6.92 Å². The molecule has 3 amide bonds. The Balaban J connectivity index is 1.99. The van der Waals surface area contributed by atoms with Crippen molar-refractivity contribution in [3.63, 3.8) is 0 Å². The molecule has 0 heterocycles. The summed E-state index contributed by atoms with van der Waals surface area (Å²) in [6, 6.07) is 12.6. The highest BCUT2D eigenvalue weighted by molar-refractivity contribution is 6.14. The Morgan fingerprint density at radius 1 is 0.931 bits per heavy atom. The molecule has 0 saturated carbocycles. The van der Waals surface area contributed by atoms with Gasteiger partial charge in [-0.2, -0.15) is 0 Å². The second-order valence-corrected chi connectivity index (χ2v) is 6.47. The summed E-state index contributed by atoms with van der Waals surface area (Å²) in [5.74, 6) is -1.89. The fourth-order valence-electron chi connectivity index (χ4n) is 2.51. The molecule has 2 N–H and O–H groups in total. The number of ether oxygens (including phenoxy) is 1. The predicted octanol–water partition coefficient (Wildman–Crippen LogP) is 3.01. The lowest BCUT2D eigenvalue weighted by molar-refractivity contribution is -0.123. The summed E-state index contributed by atoms with van der Waals surface area (Å²) in [6.07, 6.45) is 1.70. The number of rotatable bonds is 8. The molecular formula is C22H24N2O5. The van der Waals surface area contributed by atoms with E-state index in [0.29, 0.717) is 12.1 Å². The number of unbranched alkanes of at least 4 members (excludes halogenated alkanes) is 1. The van der Waals surface area contributed by atoms with Gasteiger partial charge >= 0.3 is 12.0 Å². The summed E-state index contributed by atoms with van der Waals surface area (Å²) in [4.78, 5) is 48.5. The second kappa shape index (κ2) is 10.8. The third-order valence-corrected chi connectivity index (χ3v) is 4.11. The number of carbonyl (C=O) groups excluding carboxylic acids is 4. The van der Waals surface area contributed by atoms with Gasteiger partial charge in [0, 0.05) is 17.7 Å². The van der Waals surface area contributed by atoms with Gasteiger partial charge in [0.2, 0.25) is 0 Å². The van der Waals surface area contributed by atoms with Crippen molar-refractivity contribution in [1.82, 2.24) is 10.6 Å². The SMILES string of the molecule is CCCCNC(=O)NC(=O)COC(=O)c1ccccc1C(=O)c1ccc(C)cc1. The van der Waals surface area contributed by atoms with Crippen LogP contribution in [0.3, 0.4) is 0 Å². The van der Waals surface area contributed by atoms with Crippen molar-refractivity contribution in [2.75, 3.05) is 13.2 Å². The first-order valence-electron chi connectivity index (χ1n) is 9.37. The maximum Gasteiger partial charge on any atom is 0.339 e. The number of hydrogen-bond acceptors (Lipinski definition) is 5. The van der Waals surface area contributed by atoms with Crippen LogP contribution in [0.1, 0.15) is 51.6 Å². The van der Waals surface area contributed by atoms with Gasteiger partial charge in [0.25, 0.3) is 5.91 Å². The van der Waals surface area contributed by atoms with E-state index < -0.39 is 24.5 Å². The Labute approximate surface area is 169 Å². The lowest BCUT2D eigenvalue weighted by Gasteiger charge is -2.10. The van der Waals surface area contributed by atoms with E-state index >= 15 is 0 Å². The van der Waals surface area contributed by atoms with Crippen LogP contribution in [-0.2, 0) is 9.53 Å². The number of benzene rings is 2. The molecule has 0 aliphatic rings. The van der Waals surface area contributed by atoms with Crippen LogP contribution in [0.2, 0.25) is 0 Å². The van der Waals surface area contributed by atoms with Crippen LogP contribution >= 0.6 is 0 Å². The molecule has 0 saturated heterocycles. The Bertz CT molecular complexity index is 890. The van der Waals surface area contributed by atoms with E-state index in [2.05, 4.69) is 10.6 Å². The summed E-state index contributed by atoms with van der Waals surface area (Å²) in [6.45, 7) is 3.71. The van der Waals surface area contributed by atoms with Crippen molar-refractivity contribution in [3.05, 3.63) is 70.8 Å². The van der Waals surface area contributed by atoms with Crippen LogP contribution in [0.5, 0.6) is 0 Å². The molecule has 7 heteroatoms. The number of aryl methyl sites for hydroxylation is 1. The quantitative estimate of drug-likeness (QED) is 0.406. The molecule has 0 aromatic heterocycles. The molecule has 29 heavy (non-hydrogen) atoms. The molecule has 2 aromatic rings. The number of esters is 1. The minimum absolute atomic E-state index is 0.0540. The number of imide groups is 1. The lowest BCUT2D eigenvalue weighted by Crippen LogP contribution is -2.41. The van der Waals surface area contributed by atoms with Crippen molar-refractivity contribution in [2.45, 2.75) is 26.7 Å². The zero-order valence-electron chi connectivity index (χ0n) is 16.5. The third-order valence-electron chi connectivity index (χ3n) is 4.11. The lowest BCUT2D eigenvalue weighted by atomic mass is 9.98. The van der Waals surface area contributed by atoms with Crippen molar-refractivity contribution in [2.24, 2.45) is 0 Å². The van der Waals surface area contributed by atoms with Gasteiger partial charge in [0.05, 0.1) is 5.56 Å². The number of nitrogens with one attached hydrogen (secondary N) is 2. The minimum atomic E-state index is -0.817. The Morgan fingerprint density at radius 3 is 2.24 bits per heavy atom. The normalized spacial score (nSPS) is 10.1. The molecule has 0 unspecified atom stereocenters. The van der Waals surface area contributed by atoms with E-state index in [-0.39, 0.29) is 16.9 Å². The molecular weight excluding hydrogens is 372 g/mol. The average molecular weight is 396 g/mol. The topological polar surface area (TPSA) is 102 Å². The molecule has 0 aliphatic carbocycles. The Morgan fingerprint density at radius 2 is 1.59 bits per heavy atom. The van der Waals surface area contributed by atoms with Crippen LogP contribution in [-0.4, -0.2) is 36.8 Å². The van der Waals surface area contributed by atoms with E-state index in [1.807, 2.05) is 26.0 Å². The second-order valence-electron chi connectivity index (χ2n) is 6.47. The van der Waals surface area contributed by atoms with Gasteiger partial charge in [-0.15, -0.1) is 0 Å². The van der Waals surface area contributed by atoms with Crippen LogP contribution < -0.4 is 10.6 Å². The van der Waals surface area contributed by atoms with E-state index in [1.165, 1.54) is 12.1 Å². The maximum absolute atomic E-state index is 12.8. The van der Waals surface area contributed by atoms with E-state index in [4.69, 9.17) is 4.74 Å². The monoisotopic (exact) mass is 396 g/mol. The summed E-state index contributed by atoms with van der Waals surface area (Å²) in [5, 5.41) is 4.60. The molecule has 7 nitrogen and oxygen atoms in total. The van der Waals surface area contributed by atoms with Crippen molar-refractivity contribution in [1.29, 1.82) is 0 Å². The fraction of sp³-hybridized carbons (Fsp3) is 0.273. The number of ketones is 1. The first-order chi connectivity index (χ1) is 13.9. The van der Waals surface area contributed by atoms with Gasteiger partial charge in [-0.05, 0) is 19.4 Å². The molecule has 152 valence electrons. The standard InChI is InChI=1S/C22H24N2O5/c1-3-4-13-23-22(28)24-19(25)14-29-21(27)18-8-6-5-7-17(18)20(26)16-11-9-15(2)10-12-16/h5-12H,3-4,13-14H2,1-2H3,(H2,23,24,25,28). The van der Waals surface area contributed by atoms with Gasteiger partial charge in [-0.1, -0.05) is 61.4 Å². The maximum atomic E-state index is 12.8. The predicted molar refractivity (Wildman–Crippen MR) is 108 cm³/mol. The molecule has 2 rings (SSSR count). The summed E-state index contributed by atoms with van der Waals surface area (Å²) in [7, 11) is 0. The molecule has 0 aliphatic heterocycles. The Kier molecular flexibility index (Phi) is 8.09. The zero-order valence-corrected chi connectivity index (χ0v) is 16.5. The highest BCUT2D eigenvalue weighted by atomic mass is 16.5. The van der Waals surface area contributed by atoms with Crippen molar-refractivity contribution in [3.8, 4) is 0 Å². The smallest absolute Gasteiger partial charge is 0.339 e.